The minimum absolute atomic E-state index is 0.0609. The van der Waals surface area contributed by atoms with Crippen molar-refractivity contribution < 1.29 is 23.4 Å². The van der Waals surface area contributed by atoms with Gasteiger partial charge in [-0.05, 0) is 43.2 Å². The molecule has 1 aliphatic heterocycles. The van der Waals surface area contributed by atoms with E-state index in [1.54, 1.807) is 54.6 Å². The fourth-order valence-corrected chi connectivity index (χ4v) is 5.10. The van der Waals surface area contributed by atoms with Gasteiger partial charge in [-0.2, -0.15) is 4.98 Å². The number of fused-ring (bicyclic) bond motifs is 1. The summed E-state index contributed by atoms with van der Waals surface area (Å²) in [6.45, 7) is 4.84. The third kappa shape index (κ3) is 6.47. The van der Waals surface area contributed by atoms with E-state index < -0.39 is 5.82 Å². The minimum atomic E-state index is -0.541. The first kappa shape index (κ1) is 29.4. The molecule has 0 spiro atoms. The van der Waals surface area contributed by atoms with E-state index in [-0.39, 0.29) is 29.3 Å². The standard InChI is InChI=1S/C32H31FN8O4/c1-4-31(42)40-13-10-20(11-14-40)36-26-17-22-25(18-27(26)43-2)34-19-35-32(22)37-24-9-8-21(16-23(24)33)45-30-12-15-41(39-30)28-6-5-7-29(38-28)44-3/h4-9,12,15-20,36H,1,10-11,13-14H2,2-3H3,(H,34,35,37). The van der Waals surface area contributed by atoms with Gasteiger partial charge in [-0.3, -0.25) is 4.79 Å². The van der Waals surface area contributed by atoms with Crippen LogP contribution in [-0.4, -0.2) is 68.9 Å². The number of anilines is 3. The van der Waals surface area contributed by atoms with E-state index in [1.165, 1.54) is 30.3 Å². The molecule has 1 aliphatic rings. The van der Waals surface area contributed by atoms with Gasteiger partial charge in [-0.25, -0.2) is 19.0 Å². The monoisotopic (exact) mass is 610 g/mol. The molecule has 2 N–H and O–H groups in total. The second-order valence-electron chi connectivity index (χ2n) is 10.2. The third-order valence-electron chi connectivity index (χ3n) is 7.43. The Morgan fingerprint density at radius 2 is 1.87 bits per heavy atom. The summed E-state index contributed by atoms with van der Waals surface area (Å²) in [6, 6.07) is 15.3. The number of amides is 1. The van der Waals surface area contributed by atoms with E-state index in [9.17, 15) is 4.79 Å². The molecule has 1 amide bonds. The highest BCUT2D eigenvalue weighted by Crippen LogP contribution is 2.35. The lowest BCUT2D eigenvalue weighted by Gasteiger charge is -2.32. The average Bonchev–Trinajstić information content (AvgIpc) is 3.54. The molecule has 1 saturated heterocycles. The van der Waals surface area contributed by atoms with Gasteiger partial charge in [0.2, 0.25) is 17.7 Å². The predicted octanol–water partition coefficient (Wildman–Crippen LogP) is 5.49. The molecule has 0 bridgehead atoms. The van der Waals surface area contributed by atoms with Crippen LogP contribution in [0.5, 0.6) is 23.3 Å². The number of ether oxygens (including phenoxy) is 3. The van der Waals surface area contributed by atoms with Gasteiger partial charge in [0.05, 0.1) is 31.1 Å². The van der Waals surface area contributed by atoms with Crippen LogP contribution in [0.1, 0.15) is 12.8 Å². The van der Waals surface area contributed by atoms with Crippen molar-refractivity contribution in [2.75, 3.05) is 37.9 Å². The highest BCUT2D eigenvalue weighted by Gasteiger charge is 2.23. The van der Waals surface area contributed by atoms with Crippen molar-refractivity contribution >= 4 is 34.0 Å². The molecule has 1 fully saturated rings. The first-order chi connectivity index (χ1) is 21.9. The molecule has 12 nitrogen and oxygen atoms in total. The van der Waals surface area contributed by atoms with Crippen LogP contribution in [0.25, 0.3) is 16.7 Å². The summed E-state index contributed by atoms with van der Waals surface area (Å²) in [6.07, 6.45) is 5.99. The van der Waals surface area contributed by atoms with E-state index in [0.29, 0.717) is 47.3 Å². The van der Waals surface area contributed by atoms with Crippen LogP contribution in [0, 0.1) is 5.82 Å². The number of pyridine rings is 1. The number of benzene rings is 2. The number of likely N-dealkylation sites (tertiary alicyclic amines) is 1. The van der Waals surface area contributed by atoms with Gasteiger partial charge < -0.3 is 29.7 Å². The molecule has 6 rings (SSSR count). The number of aromatic nitrogens is 5. The summed E-state index contributed by atoms with van der Waals surface area (Å²) >= 11 is 0. The number of hydrogen-bond donors (Lipinski definition) is 2. The Kier molecular flexibility index (Phi) is 8.40. The van der Waals surface area contributed by atoms with Gasteiger partial charge in [0.25, 0.3) is 0 Å². The molecule has 0 saturated carbocycles. The molecule has 0 radical (unpaired) electrons. The molecule has 5 aromatic rings. The average molecular weight is 611 g/mol. The fourth-order valence-electron chi connectivity index (χ4n) is 5.10. The predicted molar refractivity (Wildman–Crippen MR) is 167 cm³/mol. The lowest BCUT2D eigenvalue weighted by atomic mass is 10.0. The molecule has 230 valence electrons. The number of carbonyl (C=O) groups excluding carboxylic acids is 1. The van der Waals surface area contributed by atoms with Gasteiger partial charge in [0.1, 0.15) is 29.5 Å². The largest absolute Gasteiger partial charge is 0.495 e. The summed E-state index contributed by atoms with van der Waals surface area (Å²) in [4.78, 5) is 26.9. The maximum Gasteiger partial charge on any atom is 0.245 e. The SMILES string of the molecule is C=CC(=O)N1CCC(Nc2cc3c(Nc4ccc(Oc5ccn(-c6cccc(OC)n6)n5)cc4F)ncnc3cc2OC)CC1. The summed E-state index contributed by atoms with van der Waals surface area (Å²) < 4.78 is 33.5. The van der Waals surface area contributed by atoms with E-state index in [4.69, 9.17) is 14.2 Å². The first-order valence-electron chi connectivity index (χ1n) is 14.3. The lowest BCUT2D eigenvalue weighted by molar-refractivity contribution is -0.126. The van der Waals surface area contributed by atoms with Gasteiger partial charge in [-0.15, -0.1) is 5.10 Å². The molecule has 13 heteroatoms. The van der Waals surface area contributed by atoms with Crippen molar-refractivity contribution in [3.8, 4) is 29.1 Å². The number of carbonyl (C=O) groups is 1. The normalized spacial score (nSPS) is 13.4. The van der Waals surface area contributed by atoms with Crippen molar-refractivity contribution in [3.05, 3.63) is 85.6 Å². The van der Waals surface area contributed by atoms with Crippen molar-refractivity contribution in [2.24, 2.45) is 0 Å². The van der Waals surface area contributed by atoms with Crippen molar-refractivity contribution in [1.82, 2.24) is 29.6 Å². The maximum atomic E-state index is 15.3. The molecule has 0 atom stereocenters. The molecule has 45 heavy (non-hydrogen) atoms. The summed E-state index contributed by atoms with van der Waals surface area (Å²) in [5, 5.41) is 11.7. The summed E-state index contributed by atoms with van der Waals surface area (Å²) in [5.74, 6) is 1.99. The minimum Gasteiger partial charge on any atom is -0.495 e. The smallest absolute Gasteiger partial charge is 0.245 e. The number of methoxy groups -OCH3 is 2. The second-order valence-corrected chi connectivity index (χ2v) is 10.2. The van der Waals surface area contributed by atoms with Crippen molar-refractivity contribution in [1.29, 1.82) is 0 Å². The van der Waals surface area contributed by atoms with Crippen LogP contribution in [0.4, 0.5) is 21.6 Å². The Labute approximate surface area is 258 Å². The molecular formula is C32H31FN8O4. The van der Waals surface area contributed by atoms with Crippen LogP contribution in [0.3, 0.4) is 0 Å². The third-order valence-corrected chi connectivity index (χ3v) is 7.43. The molecule has 3 aromatic heterocycles. The highest BCUT2D eigenvalue weighted by atomic mass is 19.1. The Bertz CT molecular complexity index is 1850. The molecule has 2 aromatic carbocycles. The van der Waals surface area contributed by atoms with E-state index >= 15 is 4.39 Å². The zero-order chi connectivity index (χ0) is 31.3. The highest BCUT2D eigenvalue weighted by molar-refractivity contribution is 5.95. The number of hydrogen-bond acceptors (Lipinski definition) is 10. The van der Waals surface area contributed by atoms with Crippen LogP contribution < -0.4 is 24.8 Å². The van der Waals surface area contributed by atoms with Gasteiger partial charge in [0, 0.05) is 55.0 Å². The van der Waals surface area contributed by atoms with Gasteiger partial charge in [-0.1, -0.05) is 12.6 Å². The van der Waals surface area contributed by atoms with Crippen LogP contribution >= 0.6 is 0 Å². The Hall–Kier alpha value is -5.72. The molecular weight excluding hydrogens is 579 g/mol. The van der Waals surface area contributed by atoms with Crippen LogP contribution in [0.2, 0.25) is 0 Å². The topological polar surface area (TPSA) is 129 Å². The molecule has 4 heterocycles. The maximum absolute atomic E-state index is 15.3. The molecule has 0 aliphatic carbocycles. The number of halogens is 1. The summed E-state index contributed by atoms with van der Waals surface area (Å²) in [5.41, 5.74) is 1.59. The quantitative estimate of drug-likeness (QED) is 0.196. The lowest BCUT2D eigenvalue weighted by Crippen LogP contribution is -2.41. The van der Waals surface area contributed by atoms with Crippen LogP contribution in [-0.2, 0) is 4.79 Å². The fraction of sp³-hybridized carbons (Fsp3) is 0.219. The van der Waals surface area contributed by atoms with E-state index in [1.807, 2.05) is 12.1 Å². The van der Waals surface area contributed by atoms with Gasteiger partial charge in [0.15, 0.2) is 5.82 Å². The Morgan fingerprint density at radius 3 is 2.62 bits per heavy atom. The zero-order valence-corrected chi connectivity index (χ0v) is 24.7. The number of nitrogens with one attached hydrogen (secondary N) is 2. The molecule has 0 unspecified atom stereocenters. The number of rotatable bonds is 10. The second kappa shape index (κ2) is 12.9. The number of piperidine rings is 1. The Balaban J connectivity index is 1.18. The van der Waals surface area contributed by atoms with Crippen LogP contribution in [0.15, 0.2) is 79.8 Å². The van der Waals surface area contributed by atoms with Crippen molar-refractivity contribution in [3.63, 3.8) is 0 Å². The van der Waals surface area contributed by atoms with Gasteiger partial charge >= 0.3 is 0 Å². The van der Waals surface area contributed by atoms with E-state index in [2.05, 4.69) is 37.3 Å². The van der Waals surface area contributed by atoms with E-state index in [0.717, 1.165) is 18.5 Å². The zero-order valence-electron chi connectivity index (χ0n) is 24.7. The summed E-state index contributed by atoms with van der Waals surface area (Å²) in [7, 11) is 3.13. The Morgan fingerprint density at radius 1 is 1.02 bits per heavy atom. The van der Waals surface area contributed by atoms with Crippen molar-refractivity contribution in [2.45, 2.75) is 18.9 Å². The number of nitrogens with zero attached hydrogens (tertiary/aromatic N) is 6. The first-order valence-corrected chi connectivity index (χ1v) is 14.3.